The van der Waals surface area contributed by atoms with Crippen LogP contribution in [0.2, 0.25) is 0 Å². The highest BCUT2D eigenvalue weighted by Crippen LogP contribution is 2.29. The summed E-state index contributed by atoms with van der Waals surface area (Å²) < 4.78 is 27.5. The van der Waals surface area contributed by atoms with Crippen LogP contribution in [-0.4, -0.2) is 42.8 Å². The molecule has 1 saturated carbocycles. The number of nitrogens with zero attached hydrogens (tertiary/aromatic N) is 1. The summed E-state index contributed by atoms with van der Waals surface area (Å²) in [5, 5.41) is 10.2. The van der Waals surface area contributed by atoms with Gasteiger partial charge < -0.3 is 5.11 Å². The summed E-state index contributed by atoms with van der Waals surface area (Å²) in [5.74, 6) is 0. The Morgan fingerprint density at radius 2 is 1.86 bits per heavy atom. The van der Waals surface area contributed by atoms with Crippen molar-refractivity contribution in [3.05, 3.63) is 24.3 Å². The molecule has 6 heteroatoms. The Labute approximate surface area is 138 Å². The quantitative estimate of drug-likeness (QED) is 0.806. The van der Waals surface area contributed by atoms with Gasteiger partial charge in [-0.2, -0.15) is 4.31 Å². The molecule has 2 atom stereocenters. The average Bonchev–Trinajstić information content (AvgIpc) is 2.53. The molecule has 0 radical (unpaired) electrons. The number of sulfonamides is 1. The van der Waals surface area contributed by atoms with Crippen LogP contribution in [0.3, 0.4) is 0 Å². The van der Waals surface area contributed by atoms with Crippen molar-refractivity contribution < 1.29 is 13.5 Å². The lowest BCUT2D eigenvalue weighted by Crippen LogP contribution is -2.48. The van der Waals surface area contributed by atoms with Gasteiger partial charge in [0, 0.05) is 11.4 Å². The van der Waals surface area contributed by atoms with Gasteiger partial charge in [-0.1, -0.05) is 19.8 Å². The lowest BCUT2D eigenvalue weighted by molar-refractivity contribution is 0.0557. The number of benzene rings is 1. The van der Waals surface area contributed by atoms with E-state index < -0.39 is 16.1 Å². The Balaban J connectivity index is 2.31. The van der Waals surface area contributed by atoms with Crippen molar-refractivity contribution in [3.63, 3.8) is 0 Å². The van der Waals surface area contributed by atoms with E-state index in [0.717, 1.165) is 30.6 Å². The van der Waals surface area contributed by atoms with E-state index >= 15 is 0 Å². The monoisotopic (exact) mass is 343 g/mol. The second-order valence-electron chi connectivity index (χ2n) is 5.71. The van der Waals surface area contributed by atoms with E-state index in [-0.39, 0.29) is 6.04 Å². The van der Waals surface area contributed by atoms with E-state index in [1.807, 2.05) is 25.3 Å². The molecule has 0 heterocycles. The summed E-state index contributed by atoms with van der Waals surface area (Å²) in [6.07, 6.45) is 5.52. The first kappa shape index (κ1) is 17.8. The summed E-state index contributed by atoms with van der Waals surface area (Å²) in [6, 6.07) is 6.70. The van der Waals surface area contributed by atoms with Gasteiger partial charge in [0.2, 0.25) is 10.0 Å². The highest BCUT2D eigenvalue weighted by atomic mass is 32.2. The fraction of sp³-hybridized carbons (Fsp3) is 0.625. The molecule has 2 rings (SSSR count). The first-order valence-electron chi connectivity index (χ1n) is 7.84. The summed E-state index contributed by atoms with van der Waals surface area (Å²) >= 11 is 1.59. The number of hydrogen-bond acceptors (Lipinski definition) is 4. The van der Waals surface area contributed by atoms with Crippen LogP contribution in [-0.2, 0) is 10.0 Å². The zero-order chi connectivity index (χ0) is 16.2. The smallest absolute Gasteiger partial charge is 0.243 e. The predicted molar refractivity (Wildman–Crippen MR) is 90.7 cm³/mol. The van der Waals surface area contributed by atoms with Gasteiger partial charge in [0.25, 0.3) is 0 Å². The van der Waals surface area contributed by atoms with Crippen molar-refractivity contribution in [2.75, 3.05) is 12.8 Å². The summed E-state index contributed by atoms with van der Waals surface area (Å²) in [4.78, 5) is 1.36. The maximum atomic E-state index is 13.0. The minimum absolute atomic E-state index is 0.293. The van der Waals surface area contributed by atoms with Gasteiger partial charge in [0.05, 0.1) is 17.0 Å². The molecule has 4 nitrogen and oxygen atoms in total. The lowest BCUT2D eigenvalue weighted by Gasteiger charge is -2.36. The molecular formula is C16H25NO3S2. The lowest BCUT2D eigenvalue weighted by atomic mass is 9.92. The topological polar surface area (TPSA) is 57.6 Å². The number of thioether (sulfide) groups is 1. The highest BCUT2D eigenvalue weighted by Gasteiger charge is 2.36. The van der Waals surface area contributed by atoms with Crippen molar-refractivity contribution in [2.24, 2.45) is 0 Å². The van der Waals surface area contributed by atoms with Gasteiger partial charge in [-0.15, -0.1) is 11.8 Å². The van der Waals surface area contributed by atoms with Crippen LogP contribution in [0.5, 0.6) is 0 Å². The van der Waals surface area contributed by atoms with E-state index in [1.54, 1.807) is 23.9 Å². The average molecular weight is 344 g/mol. The molecule has 0 spiro atoms. The maximum Gasteiger partial charge on any atom is 0.243 e. The first-order chi connectivity index (χ1) is 10.5. The molecule has 1 aliphatic carbocycles. The predicted octanol–water partition coefficient (Wildman–Crippen LogP) is 3.11. The van der Waals surface area contributed by atoms with Crippen LogP contribution in [0.25, 0.3) is 0 Å². The molecule has 2 unspecified atom stereocenters. The van der Waals surface area contributed by atoms with E-state index in [2.05, 4.69) is 0 Å². The molecule has 0 aliphatic heterocycles. The van der Waals surface area contributed by atoms with Crippen LogP contribution in [0.15, 0.2) is 34.1 Å². The normalized spacial score (nSPS) is 22.9. The van der Waals surface area contributed by atoms with Gasteiger partial charge in [-0.25, -0.2) is 8.42 Å². The second-order valence-corrected chi connectivity index (χ2v) is 8.48. The van der Waals surface area contributed by atoms with Crippen LogP contribution in [0.4, 0.5) is 0 Å². The van der Waals surface area contributed by atoms with E-state index in [1.165, 1.54) is 4.31 Å². The minimum Gasteiger partial charge on any atom is -0.391 e. The van der Waals surface area contributed by atoms with E-state index in [9.17, 15) is 13.5 Å². The van der Waals surface area contributed by atoms with Crippen molar-refractivity contribution in [2.45, 2.75) is 61.0 Å². The third-order valence-corrected chi connectivity index (χ3v) is 6.86. The van der Waals surface area contributed by atoms with E-state index in [0.29, 0.717) is 17.9 Å². The molecule has 0 aromatic heterocycles. The molecule has 1 N–H and O–H groups in total. The SMILES string of the molecule is CCCN(C1CCCCC1O)S(=O)(=O)c1ccc(SC)cc1. The third-order valence-electron chi connectivity index (χ3n) is 4.17. The van der Waals surface area contributed by atoms with Gasteiger partial charge in [0.15, 0.2) is 0 Å². The van der Waals surface area contributed by atoms with Crippen molar-refractivity contribution in [3.8, 4) is 0 Å². The molecule has 0 amide bonds. The minimum atomic E-state index is -3.56. The molecule has 0 bridgehead atoms. The zero-order valence-electron chi connectivity index (χ0n) is 13.2. The molecule has 124 valence electrons. The maximum absolute atomic E-state index is 13.0. The van der Waals surface area contributed by atoms with Crippen LogP contribution < -0.4 is 0 Å². The number of rotatable bonds is 6. The molecule has 1 aromatic carbocycles. The van der Waals surface area contributed by atoms with Gasteiger partial charge in [-0.3, -0.25) is 0 Å². The molecule has 1 aromatic rings. The molecular weight excluding hydrogens is 318 g/mol. The fourth-order valence-electron chi connectivity index (χ4n) is 3.00. The van der Waals surface area contributed by atoms with E-state index in [4.69, 9.17) is 0 Å². The Kier molecular flexibility index (Phi) is 6.32. The second kappa shape index (κ2) is 7.81. The Morgan fingerprint density at radius 1 is 1.23 bits per heavy atom. The molecule has 1 fully saturated rings. The summed E-state index contributed by atoms with van der Waals surface area (Å²) in [6.45, 7) is 2.42. The zero-order valence-corrected chi connectivity index (χ0v) is 14.9. The van der Waals surface area contributed by atoms with Gasteiger partial charge >= 0.3 is 0 Å². The van der Waals surface area contributed by atoms with Crippen LogP contribution in [0, 0.1) is 0 Å². The molecule has 1 aliphatic rings. The Bertz CT molecular complexity index is 572. The summed E-state index contributed by atoms with van der Waals surface area (Å²) in [5.41, 5.74) is 0. The number of hydrogen-bond donors (Lipinski definition) is 1. The standard InChI is InChI=1S/C16H25NO3S2/c1-3-12-17(15-6-4-5-7-16(15)18)22(19,20)14-10-8-13(21-2)9-11-14/h8-11,15-16,18H,3-7,12H2,1-2H3. The number of aliphatic hydroxyl groups is 1. The van der Waals surface area contributed by atoms with Crippen molar-refractivity contribution >= 4 is 21.8 Å². The van der Waals surface area contributed by atoms with Gasteiger partial charge in [0.1, 0.15) is 0 Å². The highest BCUT2D eigenvalue weighted by molar-refractivity contribution is 7.98. The van der Waals surface area contributed by atoms with Crippen LogP contribution in [0.1, 0.15) is 39.0 Å². The van der Waals surface area contributed by atoms with Crippen LogP contribution >= 0.6 is 11.8 Å². The summed E-state index contributed by atoms with van der Waals surface area (Å²) in [7, 11) is -3.56. The Hall–Kier alpha value is -0.560. The first-order valence-corrected chi connectivity index (χ1v) is 10.5. The molecule has 0 saturated heterocycles. The molecule has 22 heavy (non-hydrogen) atoms. The Morgan fingerprint density at radius 3 is 2.41 bits per heavy atom. The largest absolute Gasteiger partial charge is 0.391 e. The third kappa shape index (κ3) is 3.85. The van der Waals surface area contributed by atoms with Crippen molar-refractivity contribution in [1.82, 2.24) is 4.31 Å². The van der Waals surface area contributed by atoms with Crippen molar-refractivity contribution in [1.29, 1.82) is 0 Å². The number of aliphatic hydroxyl groups excluding tert-OH is 1. The van der Waals surface area contributed by atoms with Gasteiger partial charge in [-0.05, 0) is 49.8 Å². The fourth-order valence-corrected chi connectivity index (χ4v) is 5.18.